The molecule has 1 aliphatic heterocycles. The number of hydrogen-bond acceptors (Lipinski definition) is 3. The number of fused-ring (bicyclic) bond motifs is 1. The van der Waals surface area contributed by atoms with Gasteiger partial charge >= 0.3 is 0 Å². The van der Waals surface area contributed by atoms with Gasteiger partial charge in [0.15, 0.2) is 5.78 Å². The van der Waals surface area contributed by atoms with Crippen molar-refractivity contribution < 1.29 is 14.6 Å². The third kappa shape index (κ3) is 1.21. The molecule has 74 valence electrons. The minimum Gasteiger partial charge on any atom is -0.492 e. The second-order valence-corrected chi connectivity index (χ2v) is 3.83. The molecule has 0 spiro atoms. The zero-order valence-corrected chi connectivity index (χ0v) is 7.99. The molecule has 3 nitrogen and oxygen atoms in total. The summed E-state index contributed by atoms with van der Waals surface area (Å²) in [6.45, 7) is 1.78. The predicted octanol–water partition coefficient (Wildman–Crippen LogP) is 1.26. The summed E-state index contributed by atoms with van der Waals surface area (Å²) >= 11 is 0. The molecule has 0 aliphatic carbocycles. The Bertz CT molecular complexity index is 373. The molecule has 0 saturated heterocycles. The number of hydrogen-bond donors (Lipinski definition) is 1. The molecule has 0 saturated carbocycles. The quantitative estimate of drug-likeness (QED) is 0.728. The van der Waals surface area contributed by atoms with Gasteiger partial charge in [0, 0.05) is 0 Å². The van der Waals surface area contributed by atoms with Gasteiger partial charge in [-0.3, -0.25) is 4.79 Å². The van der Waals surface area contributed by atoms with E-state index in [9.17, 15) is 4.79 Å². The zero-order chi connectivity index (χ0) is 10.2. The lowest BCUT2D eigenvalue weighted by Crippen LogP contribution is -2.41. The molecule has 0 bridgehead atoms. The summed E-state index contributed by atoms with van der Waals surface area (Å²) in [7, 11) is 0. The van der Waals surface area contributed by atoms with Gasteiger partial charge in [-0.2, -0.15) is 0 Å². The van der Waals surface area contributed by atoms with E-state index in [0.717, 1.165) is 0 Å². The van der Waals surface area contributed by atoms with Crippen LogP contribution >= 0.6 is 0 Å². The predicted molar refractivity (Wildman–Crippen MR) is 51.5 cm³/mol. The number of ketones is 1. The Balaban J connectivity index is 2.46. The van der Waals surface area contributed by atoms with E-state index in [1.54, 1.807) is 25.1 Å². The first kappa shape index (κ1) is 9.21. The van der Waals surface area contributed by atoms with E-state index in [0.29, 0.717) is 11.3 Å². The Morgan fingerprint density at radius 3 is 2.93 bits per heavy atom. The number of aliphatic hydroxyl groups excluding tert-OH is 1. The van der Waals surface area contributed by atoms with E-state index < -0.39 is 5.41 Å². The third-order valence-electron chi connectivity index (χ3n) is 2.58. The Kier molecular flexibility index (Phi) is 2.04. The number of para-hydroxylation sites is 1. The molecule has 0 amide bonds. The van der Waals surface area contributed by atoms with Crippen molar-refractivity contribution in [3.05, 3.63) is 29.8 Å². The van der Waals surface area contributed by atoms with Crippen LogP contribution in [0.3, 0.4) is 0 Å². The fourth-order valence-corrected chi connectivity index (χ4v) is 1.53. The Hall–Kier alpha value is -1.35. The van der Waals surface area contributed by atoms with Crippen LogP contribution in [0.2, 0.25) is 0 Å². The lowest BCUT2D eigenvalue weighted by Gasteiger charge is -2.31. The number of ether oxygens (including phenoxy) is 1. The van der Waals surface area contributed by atoms with Crippen molar-refractivity contribution in [2.24, 2.45) is 5.41 Å². The average Bonchev–Trinajstić information content (AvgIpc) is 2.24. The first-order valence-corrected chi connectivity index (χ1v) is 4.55. The molecule has 0 aromatic heterocycles. The first-order chi connectivity index (χ1) is 6.67. The second-order valence-electron chi connectivity index (χ2n) is 3.83. The number of benzene rings is 1. The highest BCUT2D eigenvalue weighted by Crippen LogP contribution is 2.33. The summed E-state index contributed by atoms with van der Waals surface area (Å²) in [6.07, 6.45) is 0. The van der Waals surface area contributed by atoms with Gasteiger partial charge in [-0.15, -0.1) is 0 Å². The first-order valence-electron chi connectivity index (χ1n) is 4.55. The number of carbonyl (C=O) groups excluding carboxylic acids is 1. The van der Waals surface area contributed by atoms with Crippen LogP contribution in [0.4, 0.5) is 0 Å². The molecular formula is C11H12O3. The molecule has 14 heavy (non-hydrogen) atoms. The average molecular weight is 192 g/mol. The van der Waals surface area contributed by atoms with Crippen molar-refractivity contribution in [3.63, 3.8) is 0 Å². The van der Waals surface area contributed by atoms with Crippen LogP contribution in [0.1, 0.15) is 17.3 Å². The van der Waals surface area contributed by atoms with Gasteiger partial charge in [0.2, 0.25) is 0 Å². The topological polar surface area (TPSA) is 46.5 Å². The van der Waals surface area contributed by atoms with Crippen LogP contribution in [0.25, 0.3) is 0 Å². The summed E-state index contributed by atoms with van der Waals surface area (Å²) in [5.41, 5.74) is -0.218. The molecule has 0 unspecified atom stereocenters. The number of carbonyl (C=O) groups is 1. The summed E-state index contributed by atoms with van der Waals surface area (Å²) < 4.78 is 5.42. The van der Waals surface area contributed by atoms with Crippen LogP contribution in [0.15, 0.2) is 24.3 Å². The number of rotatable bonds is 1. The van der Waals surface area contributed by atoms with Crippen molar-refractivity contribution in [3.8, 4) is 5.75 Å². The minimum absolute atomic E-state index is 0.0400. The minimum atomic E-state index is -0.783. The number of aliphatic hydroxyl groups is 1. The van der Waals surface area contributed by atoms with Crippen LogP contribution < -0.4 is 4.74 Å². The standard InChI is InChI=1S/C11H12O3/c1-11(6-12)7-14-9-5-3-2-4-8(9)10(11)13/h2-5,12H,6-7H2,1H3/t11-/m1/s1. The maximum Gasteiger partial charge on any atom is 0.178 e. The normalized spacial score (nSPS) is 25.4. The Morgan fingerprint density at radius 2 is 2.21 bits per heavy atom. The monoisotopic (exact) mass is 192 g/mol. The van der Waals surface area contributed by atoms with E-state index in [1.165, 1.54) is 0 Å². The van der Waals surface area contributed by atoms with E-state index >= 15 is 0 Å². The van der Waals surface area contributed by atoms with E-state index in [2.05, 4.69) is 0 Å². The van der Waals surface area contributed by atoms with Crippen molar-refractivity contribution >= 4 is 5.78 Å². The molecule has 0 fully saturated rings. The maximum atomic E-state index is 11.9. The highest BCUT2D eigenvalue weighted by molar-refractivity contribution is 6.03. The van der Waals surface area contributed by atoms with Gasteiger partial charge in [-0.1, -0.05) is 12.1 Å². The van der Waals surface area contributed by atoms with Gasteiger partial charge in [0.05, 0.1) is 17.6 Å². The van der Waals surface area contributed by atoms with Gasteiger partial charge in [-0.05, 0) is 19.1 Å². The molecule has 1 atom stereocenters. The van der Waals surface area contributed by atoms with E-state index in [4.69, 9.17) is 9.84 Å². The summed E-state index contributed by atoms with van der Waals surface area (Å²) in [5, 5.41) is 9.15. The zero-order valence-electron chi connectivity index (χ0n) is 7.99. The molecule has 1 heterocycles. The second kappa shape index (κ2) is 3.10. The highest BCUT2D eigenvalue weighted by atomic mass is 16.5. The van der Waals surface area contributed by atoms with Crippen molar-refractivity contribution in [2.75, 3.05) is 13.2 Å². The lowest BCUT2D eigenvalue weighted by atomic mass is 9.82. The highest BCUT2D eigenvalue weighted by Gasteiger charge is 2.39. The van der Waals surface area contributed by atoms with Crippen LogP contribution in [0.5, 0.6) is 5.75 Å². The smallest absolute Gasteiger partial charge is 0.178 e. The largest absolute Gasteiger partial charge is 0.492 e. The van der Waals surface area contributed by atoms with Crippen LogP contribution in [-0.2, 0) is 0 Å². The molecule has 3 heteroatoms. The van der Waals surface area contributed by atoms with E-state index in [1.807, 2.05) is 6.07 Å². The summed E-state index contributed by atoms with van der Waals surface area (Å²) in [4.78, 5) is 11.9. The molecule has 0 radical (unpaired) electrons. The fourth-order valence-electron chi connectivity index (χ4n) is 1.53. The van der Waals surface area contributed by atoms with Crippen molar-refractivity contribution in [1.29, 1.82) is 0 Å². The van der Waals surface area contributed by atoms with Crippen LogP contribution in [0, 0.1) is 5.41 Å². The number of Topliss-reactive ketones (excluding diaryl/α,β-unsaturated/α-hetero) is 1. The van der Waals surface area contributed by atoms with Gasteiger partial charge < -0.3 is 9.84 Å². The molecule has 1 aromatic carbocycles. The fraction of sp³-hybridized carbons (Fsp3) is 0.364. The molecule has 2 rings (SSSR count). The Morgan fingerprint density at radius 1 is 1.50 bits per heavy atom. The summed E-state index contributed by atoms with van der Waals surface area (Å²) in [5.74, 6) is 0.574. The van der Waals surface area contributed by atoms with Crippen molar-refractivity contribution in [2.45, 2.75) is 6.92 Å². The maximum absolute atomic E-state index is 11.9. The molecule has 1 aliphatic rings. The van der Waals surface area contributed by atoms with Crippen LogP contribution in [-0.4, -0.2) is 24.1 Å². The molecular weight excluding hydrogens is 180 g/mol. The summed E-state index contributed by atoms with van der Waals surface area (Å²) in [6, 6.07) is 7.12. The van der Waals surface area contributed by atoms with Gasteiger partial charge in [0.25, 0.3) is 0 Å². The molecule has 1 N–H and O–H groups in total. The van der Waals surface area contributed by atoms with Gasteiger partial charge in [-0.25, -0.2) is 0 Å². The van der Waals surface area contributed by atoms with E-state index in [-0.39, 0.29) is 19.0 Å². The third-order valence-corrected chi connectivity index (χ3v) is 2.58. The molecule has 1 aromatic rings. The van der Waals surface area contributed by atoms with Crippen molar-refractivity contribution in [1.82, 2.24) is 0 Å². The van der Waals surface area contributed by atoms with Gasteiger partial charge in [0.1, 0.15) is 12.4 Å². The Labute approximate surface area is 82.3 Å². The lowest BCUT2D eigenvalue weighted by molar-refractivity contribution is 0.0454. The SMILES string of the molecule is C[C@@]1(CO)COc2ccccc2C1=O.